The molecule has 1 aromatic carbocycles. The van der Waals surface area contributed by atoms with Crippen molar-refractivity contribution in [1.82, 2.24) is 0 Å². The van der Waals surface area contributed by atoms with Crippen molar-refractivity contribution in [2.75, 3.05) is 13.7 Å². The molecule has 0 heterocycles. The lowest BCUT2D eigenvalue weighted by Crippen LogP contribution is -2.17. The van der Waals surface area contributed by atoms with Crippen LogP contribution in [0.1, 0.15) is 12.0 Å². The van der Waals surface area contributed by atoms with Gasteiger partial charge in [-0.3, -0.25) is 0 Å². The zero-order valence-electron chi connectivity index (χ0n) is 12.6. The predicted octanol–water partition coefficient (Wildman–Crippen LogP) is 4.50. The molecule has 1 aromatic rings. The van der Waals surface area contributed by atoms with Gasteiger partial charge in [-0.25, -0.2) is 0 Å². The fourth-order valence-corrected chi connectivity index (χ4v) is 2.49. The first-order chi connectivity index (χ1) is 9.01. The predicted molar refractivity (Wildman–Crippen MR) is 84.6 cm³/mol. The molecule has 106 valence electrons. The SMILES string of the molecule is COc1ccc(COCC/C=C/C[Si](C)(C)C)cc1. The van der Waals surface area contributed by atoms with Gasteiger partial charge in [-0.2, -0.15) is 0 Å². The summed E-state index contributed by atoms with van der Waals surface area (Å²) in [5.41, 5.74) is 1.19. The number of benzene rings is 1. The molecular weight excluding hydrogens is 252 g/mol. The molecule has 3 heteroatoms. The average Bonchev–Trinajstić information content (AvgIpc) is 2.37. The Kier molecular flexibility index (Phi) is 6.88. The quantitative estimate of drug-likeness (QED) is 0.396. The molecule has 0 aromatic heterocycles. The zero-order chi connectivity index (χ0) is 14.1. The maximum Gasteiger partial charge on any atom is 0.118 e. The van der Waals surface area contributed by atoms with Crippen LogP contribution in [0.15, 0.2) is 36.4 Å². The van der Waals surface area contributed by atoms with Crippen molar-refractivity contribution >= 4 is 8.07 Å². The zero-order valence-corrected chi connectivity index (χ0v) is 13.6. The standard InChI is InChI=1S/C16H26O2Si/c1-17-16-10-8-15(9-11-16)14-18-12-6-5-7-13-19(2,3)4/h5,7-11H,6,12-14H2,1-4H3/b7-5+. The molecule has 0 spiro atoms. The van der Waals surface area contributed by atoms with Crippen LogP contribution in [0.3, 0.4) is 0 Å². The van der Waals surface area contributed by atoms with E-state index in [-0.39, 0.29) is 0 Å². The molecule has 0 radical (unpaired) electrons. The first kappa shape index (κ1) is 16.0. The molecule has 0 aliphatic carbocycles. The third-order valence-corrected chi connectivity index (χ3v) is 4.21. The summed E-state index contributed by atoms with van der Waals surface area (Å²) in [6.45, 7) is 8.62. The maximum absolute atomic E-state index is 5.64. The van der Waals surface area contributed by atoms with E-state index in [0.717, 1.165) is 18.8 Å². The minimum absolute atomic E-state index is 0.672. The summed E-state index contributed by atoms with van der Waals surface area (Å²) in [5.74, 6) is 0.887. The molecule has 0 bridgehead atoms. The van der Waals surface area contributed by atoms with Gasteiger partial charge in [0.1, 0.15) is 5.75 Å². The van der Waals surface area contributed by atoms with Crippen molar-refractivity contribution in [3.05, 3.63) is 42.0 Å². The number of hydrogen-bond donors (Lipinski definition) is 0. The number of allylic oxidation sites excluding steroid dienone is 1. The smallest absolute Gasteiger partial charge is 0.118 e. The van der Waals surface area contributed by atoms with E-state index < -0.39 is 8.07 Å². The van der Waals surface area contributed by atoms with Gasteiger partial charge in [-0.15, -0.1) is 0 Å². The molecule has 0 aliphatic rings. The van der Waals surface area contributed by atoms with Gasteiger partial charge >= 0.3 is 0 Å². The highest BCUT2D eigenvalue weighted by Gasteiger charge is 2.08. The monoisotopic (exact) mass is 278 g/mol. The lowest BCUT2D eigenvalue weighted by Gasteiger charge is -2.11. The summed E-state index contributed by atoms with van der Waals surface area (Å²) < 4.78 is 10.8. The van der Waals surface area contributed by atoms with Gasteiger partial charge < -0.3 is 9.47 Å². The van der Waals surface area contributed by atoms with Crippen LogP contribution in [0.2, 0.25) is 25.7 Å². The average molecular weight is 278 g/mol. The summed E-state index contributed by atoms with van der Waals surface area (Å²) in [4.78, 5) is 0. The van der Waals surface area contributed by atoms with Crippen LogP contribution in [0.25, 0.3) is 0 Å². The highest BCUT2D eigenvalue weighted by molar-refractivity contribution is 6.76. The van der Waals surface area contributed by atoms with Crippen molar-refractivity contribution in [1.29, 1.82) is 0 Å². The van der Waals surface area contributed by atoms with Crippen molar-refractivity contribution < 1.29 is 9.47 Å². The van der Waals surface area contributed by atoms with E-state index in [4.69, 9.17) is 9.47 Å². The molecule has 1 rings (SSSR count). The molecule has 0 amide bonds. The first-order valence-electron chi connectivity index (χ1n) is 6.87. The van der Waals surface area contributed by atoms with Crippen LogP contribution >= 0.6 is 0 Å². The highest BCUT2D eigenvalue weighted by Crippen LogP contribution is 2.12. The van der Waals surface area contributed by atoms with Crippen LogP contribution in [0, 0.1) is 0 Å². The molecule has 0 fully saturated rings. The van der Waals surface area contributed by atoms with Gasteiger partial charge in [0.2, 0.25) is 0 Å². The number of rotatable bonds is 8. The minimum atomic E-state index is -0.927. The lowest BCUT2D eigenvalue weighted by atomic mass is 10.2. The van der Waals surface area contributed by atoms with E-state index in [1.165, 1.54) is 11.6 Å². The third-order valence-electron chi connectivity index (χ3n) is 2.75. The number of methoxy groups -OCH3 is 1. The highest BCUT2D eigenvalue weighted by atomic mass is 28.3. The Hall–Kier alpha value is -1.06. The number of hydrogen-bond acceptors (Lipinski definition) is 2. The number of ether oxygens (including phenoxy) is 2. The van der Waals surface area contributed by atoms with Crippen molar-refractivity contribution in [3.8, 4) is 5.75 Å². The topological polar surface area (TPSA) is 18.5 Å². The van der Waals surface area contributed by atoms with Crippen molar-refractivity contribution in [2.24, 2.45) is 0 Å². The summed E-state index contributed by atoms with van der Waals surface area (Å²) in [6.07, 6.45) is 5.55. The van der Waals surface area contributed by atoms with Crippen molar-refractivity contribution in [2.45, 2.75) is 38.7 Å². The van der Waals surface area contributed by atoms with Crippen LogP contribution in [0.5, 0.6) is 5.75 Å². The first-order valence-corrected chi connectivity index (χ1v) is 10.6. The van der Waals surface area contributed by atoms with E-state index in [9.17, 15) is 0 Å². The van der Waals surface area contributed by atoms with Crippen molar-refractivity contribution in [3.63, 3.8) is 0 Å². The lowest BCUT2D eigenvalue weighted by molar-refractivity contribution is 0.125. The largest absolute Gasteiger partial charge is 0.497 e. The Balaban J connectivity index is 2.13. The molecule has 0 aliphatic heterocycles. The van der Waals surface area contributed by atoms with E-state index in [2.05, 4.69) is 31.8 Å². The molecule has 2 nitrogen and oxygen atoms in total. The fourth-order valence-electron chi connectivity index (χ4n) is 1.62. The second-order valence-electron chi connectivity index (χ2n) is 5.93. The van der Waals surface area contributed by atoms with Gasteiger partial charge in [-0.1, -0.05) is 43.9 Å². The summed E-state index contributed by atoms with van der Waals surface area (Å²) in [5, 5.41) is 0. The van der Waals surface area contributed by atoms with E-state index in [1.807, 2.05) is 24.3 Å². The molecule has 0 saturated carbocycles. The Morgan fingerprint density at radius 2 is 1.74 bits per heavy atom. The molecule has 0 saturated heterocycles. The fraction of sp³-hybridized carbons (Fsp3) is 0.500. The Morgan fingerprint density at radius 1 is 1.05 bits per heavy atom. The van der Waals surface area contributed by atoms with E-state index in [1.54, 1.807) is 7.11 Å². The van der Waals surface area contributed by atoms with Crippen LogP contribution in [-0.2, 0) is 11.3 Å². The van der Waals surface area contributed by atoms with Crippen LogP contribution in [-0.4, -0.2) is 21.8 Å². The third kappa shape index (κ3) is 7.85. The second kappa shape index (κ2) is 8.18. The van der Waals surface area contributed by atoms with Crippen LogP contribution in [0.4, 0.5) is 0 Å². The molecule has 0 atom stereocenters. The van der Waals surface area contributed by atoms with Gasteiger partial charge in [0.05, 0.1) is 20.3 Å². The normalized spacial score (nSPS) is 12.0. The summed E-state index contributed by atoms with van der Waals surface area (Å²) in [6, 6.07) is 9.27. The molecule has 0 unspecified atom stereocenters. The molecular formula is C16H26O2Si. The van der Waals surface area contributed by atoms with Gasteiger partial charge in [0.25, 0.3) is 0 Å². The Bertz CT molecular complexity index is 377. The van der Waals surface area contributed by atoms with Gasteiger partial charge in [-0.05, 0) is 30.2 Å². The Labute approximate surface area is 118 Å². The van der Waals surface area contributed by atoms with E-state index >= 15 is 0 Å². The Morgan fingerprint density at radius 3 is 2.32 bits per heavy atom. The minimum Gasteiger partial charge on any atom is -0.497 e. The summed E-state index contributed by atoms with van der Waals surface area (Å²) >= 11 is 0. The molecule has 0 N–H and O–H groups in total. The van der Waals surface area contributed by atoms with Gasteiger partial charge in [0, 0.05) is 8.07 Å². The van der Waals surface area contributed by atoms with E-state index in [0.29, 0.717) is 6.61 Å². The second-order valence-corrected chi connectivity index (χ2v) is 11.5. The van der Waals surface area contributed by atoms with Crippen LogP contribution < -0.4 is 4.74 Å². The summed E-state index contributed by atoms with van der Waals surface area (Å²) in [7, 11) is 0.752. The van der Waals surface area contributed by atoms with Gasteiger partial charge in [0.15, 0.2) is 0 Å². The molecule has 19 heavy (non-hydrogen) atoms. The maximum atomic E-state index is 5.64.